The van der Waals surface area contributed by atoms with E-state index in [4.69, 9.17) is 0 Å². The van der Waals surface area contributed by atoms with Crippen LogP contribution in [0.1, 0.15) is 15.9 Å². The second-order valence-electron chi connectivity index (χ2n) is 4.85. The van der Waals surface area contributed by atoms with Gasteiger partial charge in [0, 0.05) is 6.07 Å². The summed E-state index contributed by atoms with van der Waals surface area (Å²) < 4.78 is 69.0. The zero-order chi connectivity index (χ0) is 18.8. The van der Waals surface area contributed by atoms with E-state index >= 15 is 0 Å². The number of nitrogens with one attached hydrogen (secondary N) is 1. The van der Waals surface area contributed by atoms with Gasteiger partial charge in [-0.15, -0.1) is 0 Å². The van der Waals surface area contributed by atoms with Crippen molar-refractivity contribution in [2.24, 2.45) is 0 Å². The number of alkyl halides is 3. The van der Waals surface area contributed by atoms with Gasteiger partial charge in [0.05, 0.1) is 23.3 Å². The third-order valence-electron chi connectivity index (χ3n) is 3.13. The van der Waals surface area contributed by atoms with Crippen LogP contribution in [0.3, 0.4) is 0 Å². The van der Waals surface area contributed by atoms with Crippen molar-refractivity contribution in [1.29, 1.82) is 0 Å². The van der Waals surface area contributed by atoms with Crippen LogP contribution in [0.25, 0.3) is 0 Å². The Hall–Kier alpha value is -2.75. The number of carbonyl (C=O) groups is 1. The lowest BCUT2D eigenvalue weighted by Crippen LogP contribution is -2.14. The maximum Gasteiger partial charge on any atom is 0.416 e. The van der Waals surface area contributed by atoms with Crippen molar-refractivity contribution in [2.45, 2.75) is 11.1 Å². The van der Waals surface area contributed by atoms with Crippen molar-refractivity contribution in [2.75, 3.05) is 11.8 Å². The van der Waals surface area contributed by atoms with E-state index < -0.39 is 38.4 Å². The summed E-state index contributed by atoms with van der Waals surface area (Å²) in [7, 11) is -3.23. The number of esters is 1. The fraction of sp³-hybridized carbons (Fsp3) is 0.133. The predicted octanol–water partition coefficient (Wildman–Crippen LogP) is 3.00. The Kier molecular flexibility index (Phi) is 4.93. The Balaban J connectivity index is 2.33. The minimum absolute atomic E-state index is 0.137. The first kappa shape index (κ1) is 18.6. The largest absolute Gasteiger partial charge is 0.507 e. The highest BCUT2D eigenvalue weighted by molar-refractivity contribution is 7.92. The first-order valence-corrected chi connectivity index (χ1v) is 8.14. The zero-order valence-electron chi connectivity index (χ0n) is 12.7. The third-order valence-corrected chi connectivity index (χ3v) is 4.51. The molecule has 0 aromatic heterocycles. The number of halogens is 3. The van der Waals surface area contributed by atoms with Crippen molar-refractivity contribution >= 4 is 21.7 Å². The lowest BCUT2D eigenvalue weighted by Gasteiger charge is -2.12. The third kappa shape index (κ3) is 4.21. The van der Waals surface area contributed by atoms with Gasteiger partial charge in [0.1, 0.15) is 11.3 Å². The number of aromatic hydroxyl groups is 1. The second kappa shape index (κ2) is 6.63. The Bertz CT molecular complexity index is 910. The van der Waals surface area contributed by atoms with Crippen LogP contribution in [-0.2, 0) is 20.9 Å². The molecule has 0 heterocycles. The average Bonchev–Trinajstić information content (AvgIpc) is 2.53. The zero-order valence-corrected chi connectivity index (χ0v) is 13.5. The van der Waals surface area contributed by atoms with E-state index in [0.717, 1.165) is 43.5 Å². The topological polar surface area (TPSA) is 92.7 Å². The van der Waals surface area contributed by atoms with Gasteiger partial charge in [-0.2, -0.15) is 13.2 Å². The van der Waals surface area contributed by atoms with Gasteiger partial charge in [-0.1, -0.05) is 6.07 Å². The van der Waals surface area contributed by atoms with Crippen LogP contribution in [0.2, 0.25) is 0 Å². The normalized spacial score (nSPS) is 11.8. The molecule has 0 bridgehead atoms. The lowest BCUT2D eigenvalue weighted by atomic mass is 10.2. The molecule has 2 rings (SSSR count). The molecule has 6 nitrogen and oxygen atoms in total. The molecular weight excluding hydrogens is 363 g/mol. The SMILES string of the molecule is COC(=O)c1ccc(NS(=O)(=O)c2cccc(C(F)(F)F)c2)cc1O. The average molecular weight is 375 g/mol. The molecule has 0 radical (unpaired) electrons. The molecule has 0 atom stereocenters. The molecule has 0 fully saturated rings. The molecule has 0 aliphatic carbocycles. The number of hydrogen-bond acceptors (Lipinski definition) is 5. The summed E-state index contributed by atoms with van der Waals surface area (Å²) in [6, 6.07) is 6.43. The quantitative estimate of drug-likeness (QED) is 0.802. The van der Waals surface area contributed by atoms with Gasteiger partial charge in [-0.05, 0) is 30.3 Å². The van der Waals surface area contributed by atoms with Crippen molar-refractivity contribution in [3.8, 4) is 5.75 Å². The lowest BCUT2D eigenvalue weighted by molar-refractivity contribution is -0.137. The number of anilines is 1. The molecule has 0 unspecified atom stereocenters. The van der Waals surface area contributed by atoms with Crippen LogP contribution < -0.4 is 4.72 Å². The molecule has 2 aromatic carbocycles. The van der Waals surface area contributed by atoms with Crippen LogP contribution in [-0.4, -0.2) is 26.6 Å². The van der Waals surface area contributed by atoms with E-state index in [9.17, 15) is 31.5 Å². The Morgan fingerprint density at radius 2 is 1.84 bits per heavy atom. The molecule has 0 amide bonds. The van der Waals surface area contributed by atoms with Crippen molar-refractivity contribution in [3.05, 3.63) is 53.6 Å². The van der Waals surface area contributed by atoms with E-state index in [1.54, 1.807) is 0 Å². The fourth-order valence-electron chi connectivity index (χ4n) is 1.93. The van der Waals surface area contributed by atoms with Gasteiger partial charge in [0.2, 0.25) is 0 Å². The van der Waals surface area contributed by atoms with Gasteiger partial charge in [-0.3, -0.25) is 4.72 Å². The monoisotopic (exact) mass is 375 g/mol. The van der Waals surface area contributed by atoms with E-state index in [1.165, 1.54) is 0 Å². The Morgan fingerprint density at radius 3 is 2.40 bits per heavy atom. The summed E-state index contributed by atoms with van der Waals surface area (Å²) in [6.07, 6.45) is -4.69. The van der Waals surface area contributed by atoms with Gasteiger partial charge in [0.25, 0.3) is 10.0 Å². The van der Waals surface area contributed by atoms with Gasteiger partial charge in [0.15, 0.2) is 0 Å². The minimum Gasteiger partial charge on any atom is -0.507 e. The number of carbonyl (C=O) groups excluding carboxylic acids is 1. The second-order valence-corrected chi connectivity index (χ2v) is 6.54. The molecule has 0 saturated heterocycles. The molecular formula is C15H12F3NO5S. The highest BCUT2D eigenvalue weighted by Gasteiger charge is 2.31. The van der Waals surface area contributed by atoms with Crippen LogP contribution >= 0.6 is 0 Å². The van der Waals surface area contributed by atoms with Crippen molar-refractivity contribution in [3.63, 3.8) is 0 Å². The first-order chi connectivity index (χ1) is 11.5. The molecule has 25 heavy (non-hydrogen) atoms. The van der Waals surface area contributed by atoms with Gasteiger partial charge in [-0.25, -0.2) is 13.2 Å². The maximum atomic E-state index is 12.7. The van der Waals surface area contributed by atoms with Crippen LogP contribution in [0, 0.1) is 0 Å². The summed E-state index contributed by atoms with van der Waals surface area (Å²) in [5.41, 5.74) is -1.44. The molecule has 10 heteroatoms. The number of hydrogen-bond donors (Lipinski definition) is 2. The van der Waals surface area contributed by atoms with Crippen molar-refractivity contribution in [1.82, 2.24) is 0 Å². The standard InChI is InChI=1S/C15H12F3NO5S/c1-24-14(21)12-6-5-10(8-13(12)20)19-25(22,23)11-4-2-3-9(7-11)15(16,17)18/h2-8,19-20H,1H3. The molecule has 0 saturated carbocycles. The molecule has 2 aromatic rings. The van der Waals surface area contributed by atoms with Gasteiger partial charge < -0.3 is 9.84 Å². The van der Waals surface area contributed by atoms with E-state index in [1.807, 2.05) is 4.72 Å². The van der Waals surface area contributed by atoms with E-state index in [2.05, 4.69) is 4.74 Å². The summed E-state index contributed by atoms with van der Waals surface area (Å²) in [6.45, 7) is 0. The Labute approximate surface area is 140 Å². The highest BCUT2D eigenvalue weighted by atomic mass is 32.2. The number of phenolic OH excluding ortho intramolecular Hbond substituents is 1. The van der Waals surface area contributed by atoms with E-state index in [-0.39, 0.29) is 11.3 Å². The summed E-state index contributed by atoms with van der Waals surface area (Å²) in [5.74, 6) is -1.37. The predicted molar refractivity (Wildman–Crippen MR) is 81.7 cm³/mol. The molecule has 134 valence electrons. The van der Waals surface area contributed by atoms with E-state index in [0.29, 0.717) is 6.07 Å². The minimum atomic E-state index is -4.69. The smallest absolute Gasteiger partial charge is 0.416 e. The summed E-state index contributed by atoms with van der Waals surface area (Å²) in [4.78, 5) is 10.8. The number of rotatable bonds is 4. The number of benzene rings is 2. The fourth-order valence-corrected chi connectivity index (χ4v) is 3.03. The number of phenols is 1. The van der Waals surface area contributed by atoms with Crippen LogP contribution in [0.5, 0.6) is 5.75 Å². The Morgan fingerprint density at radius 1 is 1.16 bits per heavy atom. The number of methoxy groups -OCH3 is 1. The number of sulfonamides is 1. The van der Waals surface area contributed by atoms with Crippen molar-refractivity contribution < 1.29 is 36.2 Å². The number of ether oxygens (including phenoxy) is 1. The first-order valence-electron chi connectivity index (χ1n) is 6.66. The molecule has 0 aliphatic heterocycles. The molecule has 2 N–H and O–H groups in total. The highest BCUT2D eigenvalue weighted by Crippen LogP contribution is 2.31. The summed E-state index contributed by atoms with van der Waals surface area (Å²) in [5, 5.41) is 9.73. The molecule has 0 aliphatic rings. The summed E-state index contributed by atoms with van der Waals surface area (Å²) >= 11 is 0. The van der Waals surface area contributed by atoms with Crippen LogP contribution in [0.15, 0.2) is 47.4 Å². The van der Waals surface area contributed by atoms with Crippen LogP contribution in [0.4, 0.5) is 18.9 Å². The maximum absolute atomic E-state index is 12.7. The van der Waals surface area contributed by atoms with Gasteiger partial charge >= 0.3 is 12.1 Å². The molecule has 0 spiro atoms.